The standard InChI is InChI=1S/C13H16Cl2N2O.ClH/c1-8(9-4-5-10(14)11(15)7-9)17-13(18)12-3-2-6-16-12;/h4-5,7-8,12,16H,2-3,6H2,1H3,(H,17,18);1H/t8?,12-;/m0./s1. The van der Waals surface area contributed by atoms with Gasteiger partial charge < -0.3 is 10.6 Å². The highest BCUT2D eigenvalue weighted by atomic mass is 35.5. The van der Waals surface area contributed by atoms with E-state index in [1.54, 1.807) is 12.1 Å². The van der Waals surface area contributed by atoms with E-state index in [0.717, 1.165) is 24.9 Å². The number of carbonyl (C=O) groups excluding carboxylic acids is 1. The van der Waals surface area contributed by atoms with Gasteiger partial charge in [-0.2, -0.15) is 0 Å². The van der Waals surface area contributed by atoms with Gasteiger partial charge in [0.1, 0.15) is 0 Å². The van der Waals surface area contributed by atoms with E-state index >= 15 is 0 Å². The summed E-state index contributed by atoms with van der Waals surface area (Å²) in [5.74, 6) is 0.0473. The second-order valence-electron chi connectivity index (χ2n) is 4.55. The Kier molecular flexibility index (Phi) is 6.40. The van der Waals surface area contributed by atoms with Gasteiger partial charge in [-0.25, -0.2) is 0 Å². The Bertz CT molecular complexity index is 448. The van der Waals surface area contributed by atoms with E-state index in [0.29, 0.717) is 10.0 Å². The largest absolute Gasteiger partial charge is 0.348 e. The molecule has 0 spiro atoms. The highest BCUT2D eigenvalue weighted by Gasteiger charge is 2.23. The van der Waals surface area contributed by atoms with E-state index in [9.17, 15) is 4.79 Å². The van der Waals surface area contributed by atoms with Crippen molar-refractivity contribution in [1.29, 1.82) is 0 Å². The summed E-state index contributed by atoms with van der Waals surface area (Å²) >= 11 is 11.8. The minimum absolute atomic E-state index is 0. The molecule has 1 fully saturated rings. The molecule has 1 saturated heterocycles. The molecule has 1 aromatic carbocycles. The Balaban J connectivity index is 0.00000180. The van der Waals surface area contributed by atoms with E-state index in [-0.39, 0.29) is 30.4 Å². The van der Waals surface area contributed by atoms with Gasteiger partial charge in [0.05, 0.1) is 22.1 Å². The molecule has 1 heterocycles. The van der Waals surface area contributed by atoms with Crippen LogP contribution in [0.3, 0.4) is 0 Å². The summed E-state index contributed by atoms with van der Waals surface area (Å²) < 4.78 is 0. The van der Waals surface area contributed by atoms with Crippen molar-refractivity contribution in [2.45, 2.75) is 31.8 Å². The van der Waals surface area contributed by atoms with E-state index in [1.165, 1.54) is 0 Å². The normalized spacial score (nSPS) is 19.6. The van der Waals surface area contributed by atoms with Crippen molar-refractivity contribution >= 4 is 41.5 Å². The predicted molar refractivity (Wildman–Crippen MR) is 81.3 cm³/mol. The number of hydrogen-bond acceptors (Lipinski definition) is 2. The molecule has 0 aliphatic carbocycles. The maximum absolute atomic E-state index is 11.9. The lowest BCUT2D eigenvalue weighted by molar-refractivity contribution is -0.123. The van der Waals surface area contributed by atoms with Gasteiger partial charge in [-0.1, -0.05) is 29.3 Å². The van der Waals surface area contributed by atoms with Gasteiger partial charge in [0.25, 0.3) is 0 Å². The Hall–Kier alpha value is -0.480. The van der Waals surface area contributed by atoms with Gasteiger partial charge in [-0.3, -0.25) is 4.79 Å². The minimum atomic E-state index is -0.0744. The van der Waals surface area contributed by atoms with Crippen LogP contribution in [0.5, 0.6) is 0 Å². The molecule has 1 aliphatic heterocycles. The smallest absolute Gasteiger partial charge is 0.237 e. The van der Waals surface area contributed by atoms with Gasteiger partial charge in [0.15, 0.2) is 0 Å². The number of nitrogens with one attached hydrogen (secondary N) is 2. The van der Waals surface area contributed by atoms with Gasteiger partial charge >= 0.3 is 0 Å². The van der Waals surface area contributed by atoms with Crippen LogP contribution in [0.2, 0.25) is 10.0 Å². The lowest BCUT2D eigenvalue weighted by atomic mass is 10.1. The van der Waals surface area contributed by atoms with Crippen molar-refractivity contribution in [2.24, 2.45) is 0 Å². The molecule has 6 heteroatoms. The number of halogens is 3. The number of hydrogen-bond donors (Lipinski definition) is 2. The van der Waals surface area contributed by atoms with Crippen LogP contribution < -0.4 is 10.6 Å². The van der Waals surface area contributed by atoms with Crippen molar-refractivity contribution < 1.29 is 4.79 Å². The second-order valence-corrected chi connectivity index (χ2v) is 5.37. The lowest BCUT2D eigenvalue weighted by Gasteiger charge is -2.18. The molecule has 3 nitrogen and oxygen atoms in total. The molecule has 0 saturated carbocycles. The Labute approximate surface area is 129 Å². The molecule has 2 atom stereocenters. The van der Waals surface area contributed by atoms with Crippen molar-refractivity contribution in [3.8, 4) is 0 Å². The lowest BCUT2D eigenvalue weighted by Crippen LogP contribution is -2.41. The fourth-order valence-corrected chi connectivity index (χ4v) is 2.39. The SMILES string of the molecule is CC(NC(=O)[C@@H]1CCCN1)c1ccc(Cl)c(Cl)c1.Cl. The zero-order valence-electron chi connectivity index (χ0n) is 10.6. The quantitative estimate of drug-likeness (QED) is 0.895. The summed E-state index contributed by atoms with van der Waals surface area (Å²) in [6.07, 6.45) is 1.96. The van der Waals surface area contributed by atoms with Crippen LogP contribution >= 0.6 is 35.6 Å². The molecule has 19 heavy (non-hydrogen) atoms. The molecule has 0 aromatic heterocycles. The minimum Gasteiger partial charge on any atom is -0.348 e. The number of rotatable bonds is 3. The number of carbonyl (C=O) groups is 1. The maximum atomic E-state index is 11.9. The average Bonchev–Trinajstić information content (AvgIpc) is 2.86. The molecular formula is C13H17Cl3N2O. The van der Waals surface area contributed by atoms with Crippen LogP contribution in [0, 0.1) is 0 Å². The molecule has 2 rings (SSSR count). The fraction of sp³-hybridized carbons (Fsp3) is 0.462. The third-order valence-electron chi connectivity index (χ3n) is 3.18. The number of benzene rings is 1. The zero-order valence-corrected chi connectivity index (χ0v) is 12.9. The first-order chi connectivity index (χ1) is 8.58. The topological polar surface area (TPSA) is 41.1 Å². The fourth-order valence-electron chi connectivity index (χ4n) is 2.09. The highest BCUT2D eigenvalue weighted by Crippen LogP contribution is 2.25. The summed E-state index contributed by atoms with van der Waals surface area (Å²) in [4.78, 5) is 11.9. The van der Waals surface area contributed by atoms with Crippen LogP contribution in [0.1, 0.15) is 31.4 Å². The van der Waals surface area contributed by atoms with Gasteiger partial charge in [-0.15, -0.1) is 12.4 Å². The van der Waals surface area contributed by atoms with Gasteiger partial charge in [0.2, 0.25) is 5.91 Å². The average molecular weight is 324 g/mol. The van der Waals surface area contributed by atoms with E-state index in [1.807, 2.05) is 13.0 Å². The third kappa shape index (κ3) is 4.25. The first-order valence-corrected chi connectivity index (χ1v) is 6.82. The molecule has 0 bridgehead atoms. The van der Waals surface area contributed by atoms with Crippen LogP contribution in [-0.2, 0) is 4.79 Å². The molecule has 1 aliphatic rings. The molecule has 1 amide bonds. The molecule has 2 N–H and O–H groups in total. The summed E-state index contributed by atoms with van der Waals surface area (Å²) in [5.41, 5.74) is 0.954. The summed E-state index contributed by atoms with van der Waals surface area (Å²) in [6, 6.07) is 5.28. The Morgan fingerprint density at radius 1 is 1.42 bits per heavy atom. The van der Waals surface area contributed by atoms with Crippen LogP contribution in [0.4, 0.5) is 0 Å². The van der Waals surface area contributed by atoms with Crippen molar-refractivity contribution in [2.75, 3.05) is 6.54 Å². The van der Waals surface area contributed by atoms with Gasteiger partial charge in [0, 0.05) is 0 Å². The van der Waals surface area contributed by atoms with E-state index in [2.05, 4.69) is 10.6 Å². The third-order valence-corrected chi connectivity index (χ3v) is 3.92. The Morgan fingerprint density at radius 2 is 2.16 bits per heavy atom. The summed E-state index contributed by atoms with van der Waals surface area (Å²) in [7, 11) is 0. The van der Waals surface area contributed by atoms with Crippen LogP contribution in [-0.4, -0.2) is 18.5 Å². The maximum Gasteiger partial charge on any atom is 0.237 e. The summed E-state index contributed by atoms with van der Waals surface area (Å²) in [5, 5.41) is 7.19. The monoisotopic (exact) mass is 322 g/mol. The van der Waals surface area contributed by atoms with Crippen LogP contribution in [0.15, 0.2) is 18.2 Å². The molecule has 106 valence electrons. The first kappa shape index (κ1) is 16.6. The van der Waals surface area contributed by atoms with Crippen LogP contribution in [0.25, 0.3) is 0 Å². The Morgan fingerprint density at radius 3 is 2.74 bits per heavy atom. The van der Waals surface area contributed by atoms with E-state index < -0.39 is 0 Å². The van der Waals surface area contributed by atoms with E-state index in [4.69, 9.17) is 23.2 Å². The highest BCUT2D eigenvalue weighted by molar-refractivity contribution is 6.42. The second kappa shape index (κ2) is 7.34. The predicted octanol–water partition coefficient (Wildman–Crippen LogP) is 3.34. The van der Waals surface area contributed by atoms with Crippen molar-refractivity contribution in [3.05, 3.63) is 33.8 Å². The molecule has 1 unspecified atom stereocenters. The number of amides is 1. The van der Waals surface area contributed by atoms with Crippen molar-refractivity contribution in [3.63, 3.8) is 0 Å². The molecule has 0 radical (unpaired) electrons. The molecule has 1 aromatic rings. The zero-order chi connectivity index (χ0) is 13.1. The van der Waals surface area contributed by atoms with Crippen molar-refractivity contribution in [1.82, 2.24) is 10.6 Å². The molecular weight excluding hydrogens is 307 g/mol. The van der Waals surface area contributed by atoms with Gasteiger partial charge in [-0.05, 0) is 44.0 Å². The first-order valence-electron chi connectivity index (χ1n) is 6.06. The summed E-state index contributed by atoms with van der Waals surface area (Å²) in [6.45, 7) is 2.85.